The number of benzene rings is 7. The SMILES string of the molecule is Cc1ccc([C@@H](C)C(=O)OC(c2cc3ccccc3c3ccccc23)c2cc3ccccc3c3ccccc23)cc1. The monoisotopic (exact) mass is 530 g/mol. The number of rotatable bonds is 5. The van der Waals surface area contributed by atoms with Crippen molar-refractivity contribution in [1.29, 1.82) is 0 Å². The van der Waals surface area contributed by atoms with Crippen molar-refractivity contribution in [2.45, 2.75) is 25.9 Å². The van der Waals surface area contributed by atoms with E-state index < -0.39 is 12.0 Å². The zero-order valence-corrected chi connectivity index (χ0v) is 23.2. The Labute approximate surface area is 239 Å². The van der Waals surface area contributed by atoms with Crippen LogP contribution in [0.5, 0.6) is 0 Å². The first kappa shape index (κ1) is 25.0. The van der Waals surface area contributed by atoms with Gasteiger partial charge in [0.1, 0.15) is 0 Å². The lowest BCUT2D eigenvalue weighted by Gasteiger charge is -2.25. The molecule has 41 heavy (non-hydrogen) atoms. The zero-order valence-electron chi connectivity index (χ0n) is 23.2. The summed E-state index contributed by atoms with van der Waals surface area (Å²) in [6.07, 6.45) is -0.598. The van der Waals surface area contributed by atoms with Gasteiger partial charge in [-0.1, -0.05) is 127 Å². The molecule has 0 saturated heterocycles. The van der Waals surface area contributed by atoms with Gasteiger partial charge in [-0.2, -0.15) is 0 Å². The van der Waals surface area contributed by atoms with Crippen LogP contribution < -0.4 is 0 Å². The highest BCUT2D eigenvalue weighted by molar-refractivity contribution is 6.11. The minimum absolute atomic E-state index is 0.242. The Balaban J connectivity index is 1.49. The van der Waals surface area contributed by atoms with E-state index in [1.807, 2.05) is 31.2 Å². The van der Waals surface area contributed by atoms with Crippen molar-refractivity contribution in [2.24, 2.45) is 0 Å². The molecule has 0 amide bonds. The minimum atomic E-state index is -0.598. The fourth-order valence-electron chi connectivity index (χ4n) is 6.10. The second kappa shape index (κ2) is 10.2. The number of hydrogen-bond donors (Lipinski definition) is 0. The Bertz CT molecular complexity index is 1950. The molecule has 1 atom stereocenters. The van der Waals surface area contributed by atoms with E-state index in [4.69, 9.17) is 4.74 Å². The Kier molecular flexibility index (Phi) is 6.24. The highest BCUT2D eigenvalue weighted by Crippen LogP contribution is 2.41. The van der Waals surface area contributed by atoms with Crippen LogP contribution in [0, 0.1) is 6.92 Å². The van der Waals surface area contributed by atoms with Crippen molar-refractivity contribution >= 4 is 49.1 Å². The smallest absolute Gasteiger partial charge is 0.314 e. The number of carbonyl (C=O) groups is 1. The van der Waals surface area contributed by atoms with Crippen LogP contribution in [0.1, 0.15) is 41.2 Å². The van der Waals surface area contributed by atoms with E-state index in [-0.39, 0.29) is 5.97 Å². The molecule has 0 fully saturated rings. The highest BCUT2D eigenvalue weighted by atomic mass is 16.5. The summed E-state index contributed by atoms with van der Waals surface area (Å²) < 4.78 is 6.64. The quantitative estimate of drug-likeness (QED) is 0.163. The molecule has 2 nitrogen and oxygen atoms in total. The van der Waals surface area contributed by atoms with E-state index in [1.165, 1.54) is 10.8 Å². The van der Waals surface area contributed by atoms with E-state index in [2.05, 4.69) is 116 Å². The Morgan fingerprint density at radius 2 is 0.951 bits per heavy atom. The lowest BCUT2D eigenvalue weighted by molar-refractivity contribution is -0.148. The van der Waals surface area contributed by atoms with Crippen molar-refractivity contribution in [3.63, 3.8) is 0 Å². The summed E-state index contributed by atoms with van der Waals surface area (Å²) in [6.45, 7) is 3.99. The third-order valence-corrected chi connectivity index (χ3v) is 8.33. The van der Waals surface area contributed by atoms with Crippen LogP contribution in [-0.4, -0.2) is 5.97 Å². The van der Waals surface area contributed by atoms with Crippen molar-refractivity contribution in [3.05, 3.63) is 156 Å². The first-order valence-electron chi connectivity index (χ1n) is 14.2. The zero-order chi connectivity index (χ0) is 27.9. The Hall–Kier alpha value is -4.95. The second-order valence-corrected chi connectivity index (χ2v) is 10.9. The number of aryl methyl sites for hydroxylation is 1. The standard InChI is InChI=1S/C39H30O2/c1-25-19-21-27(22-20-25)26(2)39(40)41-38(36-23-28-11-3-5-13-30(28)32-15-7-9-17-34(32)36)37-24-29-12-4-6-14-31(29)33-16-8-10-18-35(33)37/h3-24,26,38H,1-2H3/t26-/m1/s1. The van der Waals surface area contributed by atoms with Crippen molar-refractivity contribution in [3.8, 4) is 0 Å². The average Bonchev–Trinajstić information content (AvgIpc) is 3.03. The molecule has 0 aliphatic heterocycles. The van der Waals surface area contributed by atoms with Crippen LogP contribution in [0.25, 0.3) is 43.1 Å². The molecule has 0 aliphatic carbocycles. The van der Waals surface area contributed by atoms with Gasteiger partial charge in [0.05, 0.1) is 5.92 Å². The van der Waals surface area contributed by atoms with Gasteiger partial charge in [0.15, 0.2) is 6.10 Å². The first-order chi connectivity index (χ1) is 20.1. The lowest BCUT2D eigenvalue weighted by Crippen LogP contribution is -2.18. The maximum Gasteiger partial charge on any atom is 0.314 e. The van der Waals surface area contributed by atoms with Crippen LogP contribution in [0.3, 0.4) is 0 Å². The number of esters is 1. The molecule has 198 valence electrons. The molecule has 2 heteroatoms. The number of hydrogen-bond acceptors (Lipinski definition) is 2. The molecule has 0 unspecified atom stereocenters. The molecule has 7 aromatic carbocycles. The van der Waals surface area contributed by atoms with Crippen LogP contribution in [-0.2, 0) is 9.53 Å². The van der Waals surface area contributed by atoms with Crippen molar-refractivity contribution in [1.82, 2.24) is 0 Å². The predicted octanol–water partition coefficient (Wildman–Crippen LogP) is 10.0. The fraction of sp³-hybridized carbons (Fsp3) is 0.103. The predicted molar refractivity (Wildman–Crippen MR) is 170 cm³/mol. The molecule has 0 aliphatic rings. The minimum Gasteiger partial charge on any atom is -0.452 e. The summed E-state index contributed by atoms with van der Waals surface area (Å²) in [5.41, 5.74) is 4.09. The van der Waals surface area contributed by atoms with Gasteiger partial charge in [-0.15, -0.1) is 0 Å². The summed E-state index contributed by atoms with van der Waals surface area (Å²) in [4.78, 5) is 14.0. The van der Waals surface area contributed by atoms with Gasteiger partial charge in [0.25, 0.3) is 0 Å². The topological polar surface area (TPSA) is 26.3 Å². The lowest BCUT2D eigenvalue weighted by atomic mass is 9.88. The van der Waals surface area contributed by atoms with Crippen LogP contribution in [0.15, 0.2) is 133 Å². The molecule has 0 spiro atoms. The molecular formula is C39H30O2. The molecular weight excluding hydrogens is 500 g/mol. The first-order valence-corrected chi connectivity index (χ1v) is 14.2. The largest absolute Gasteiger partial charge is 0.452 e. The van der Waals surface area contributed by atoms with Gasteiger partial charge in [-0.25, -0.2) is 0 Å². The van der Waals surface area contributed by atoms with Crippen LogP contribution in [0.4, 0.5) is 0 Å². The summed E-state index contributed by atoms with van der Waals surface area (Å²) >= 11 is 0. The van der Waals surface area contributed by atoms with Crippen LogP contribution >= 0.6 is 0 Å². The average molecular weight is 531 g/mol. The molecule has 0 bridgehead atoms. The normalized spacial score (nSPS) is 12.4. The highest BCUT2D eigenvalue weighted by Gasteiger charge is 2.28. The van der Waals surface area contributed by atoms with Gasteiger partial charge < -0.3 is 4.74 Å². The molecule has 0 aromatic heterocycles. The summed E-state index contributed by atoms with van der Waals surface area (Å²) in [5, 5.41) is 9.10. The molecule has 7 aromatic rings. The van der Waals surface area contributed by atoms with Crippen molar-refractivity contribution < 1.29 is 9.53 Å². The summed E-state index contributed by atoms with van der Waals surface area (Å²) in [5.74, 6) is -0.648. The maximum atomic E-state index is 14.0. The van der Waals surface area contributed by atoms with E-state index in [1.54, 1.807) is 0 Å². The van der Waals surface area contributed by atoms with Gasteiger partial charge in [-0.3, -0.25) is 4.79 Å². The number of carbonyl (C=O) groups excluding carboxylic acids is 1. The Morgan fingerprint density at radius 3 is 1.44 bits per heavy atom. The number of fused-ring (bicyclic) bond motifs is 6. The Morgan fingerprint density at radius 1 is 0.537 bits per heavy atom. The maximum absolute atomic E-state index is 14.0. The van der Waals surface area contributed by atoms with E-state index >= 15 is 0 Å². The third kappa shape index (κ3) is 4.42. The molecule has 0 heterocycles. The van der Waals surface area contributed by atoms with Gasteiger partial charge >= 0.3 is 5.97 Å². The van der Waals surface area contributed by atoms with Gasteiger partial charge in [0, 0.05) is 11.1 Å². The van der Waals surface area contributed by atoms with Gasteiger partial charge in [-0.05, 0) is 74.6 Å². The molecule has 0 saturated carbocycles. The van der Waals surface area contributed by atoms with Crippen molar-refractivity contribution in [2.75, 3.05) is 0 Å². The molecule has 0 radical (unpaired) electrons. The number of ether oxygens (including phenoxy) is 1. The molecule has 0 N–H and O–H groups in total. The van der Waals surface area contributed by atoms with Gasteiger partial charge in [0.2, 0.25) is 0 Å². The second-order valence-electron chi connectivity index (χ2n) is 10.9. The van der Waals surface area contributed by atoms with E-state index in [9.17, 15) is 4.79 Å². The van der Waals surface area contributed by atoms with E-state index in [0.29, 0.717) is 0 Å². The fourth-order valence-corrected chi connectivity index (χ4v) is 6.10. The van der Waals surface area contributed by atoms with Crippen LogP contribution in [0.2, 0.25) is 0 Å². The third-order valence-electron chi connectivity index (χ3n) is 8.33. The summed E-state index contributed by atoms with van der Waals surface area (Å²) in [6, 6.07) is 46.3. The van der Waals surface area contributed by atoms with E-state index in [0.717, 1.165) is 54.6 Å². The summed E-state index contributed by atoms with van der Waals surface area (Å²) in [7, 11) is 0. The molecule has 7 rings (SSSR count).